The van der Waals surface area contributed by atoms with Crippen LogP contribution in [0.25, 0.3) is 0 Å². The minimum atomic E-state index is -1.84. The van der Waals surface area contributed by atoms with Crippen LogP contribution in [0, 0.1) is 5.41 Å². The Bertz CT molecular complexity index is 839. The zero-order valence-electron chi connectivity index (χ0n) is 25.3. The Morgan fingerprint density at radius 1 is 0.971 bits per heavy atom. The van der Waals surface area contributed by atoms with Crippen LogP contribution in [-0.4, -0.2) is 53.0 Å². The fraction of sp³-hybridized carbons (Fsp3) is 0.885. The van der Waals surface area contributed by atoms with E-state index < -0.39 is 23.5 Å². The molecule has 1 fully saturated rings. The van der Waals surface area contributed by atoms with Gasteiger partial charge < -0.3 is 18.5 Å². The molecule has 1 aliphatic rings. The topological polar surface area (TPSA) is 56.6 Å². The second-order valence-corrected chi connectivity index (χ2v) is 25.4. The minimum Gasteiger partial charge on any atom is -0.416 e. The van der Waals surface area contributed by atoms with Crippen LogP contribution < -0.4 is 10.1 Å². The van der Waals surface area contributed by atoms with Crippen molar-refractivity contribution in [2.24, 2.45) is 5.41 Å². The summed E-state index contributed by atoms with van der Waals surface area (Å²) in [4.78, 5) is 0. The van der Waals surface area contributed by atoms with Crippen LogP contribution in [0.5, 0.6) is 0 Å². The number of hydrogen-bond donors (Lipinski definition) is 1. The lowest BCUT2D eigenvalue weighted by atomic mass is 9.75. The van der Waals surface area contributed by atoms with Crippen LogP contribution in [0.3, 0.4) is 0 Å². The zero-order chi connectivity index (χ0) is 27.1. The maximum absolute atomic E-state index is 6.65. The molecule has 6 nitrogen and oxygen atoms in total. The van der Waals surface area contributed by atoms with Crippen molar-refractivity contribution in [3.05, 3.63) is 11.9 Å². The van der Waals surface area contributed by atoms with E-state index in [2.05, 4.69) is 105 Å². The molecular weight excluding hydrogens is 471 g/mol. The first-order valence-electron chi connectivity index (χ1n) is 13.2. The van der Waals surface area contributed by atoms with Gasteiger partial charge >= 0.3 is 7.12 Å². The molecule has 2 rings (SSSR count). The van der Waals surface area contributed by atoms with Gasteiger partial charge in [0.25, 0.3) is 6.73 Å². The second kappa shape index (κ2) is 10.4. The van der Waals surface area contributed by atoms with Crippen molar-refractivity contribution in [1.29, 1.82) is 0 Å². The minimum absolute atomic E-state index is 0.0593. The van der Waals surface area contributed by atoms with Crippen molar-refractivity contribution in [3.63, 3.8) is 0 Å². The van der Waals surface area contributed by atoms with Gasteiger partial charge in [-0.2, -0.15) is 5.10 Å². The zero-order valence-corrected chi connectivity index (χ0v) is 27.3. The molecule has 35 heavy (non-hydrogen) atoms. The van der Waals surface area contributed by atoms with E-state index in [1.165, 1.54) is 5.69 Å². The third kappa shape index (κ3) is 8.01. The number of hydrogen-bond acceptors (Lipinski definition) is 4. The van der Waals surface area contributed by atoms with Crippen LogP contribution in [-0.2, 0) is 31.6 Å². The first-order chi connectivity index (χ1) is 15.6. The highest BCUT2D eigenvalue weighted by Gasteiger charge is 2.54. The number of rotatable bonds is 11. The van der Waals surface area contributed by atoms with E-state index in [-0.39, 0.29) is 21.7 Å². The Kier molecular flexibility index (Phi) is 9.12. The number of H-pyrrole nitrogens is 1. The monoisotopic (exact) mass is 525 g/mol. The van der Waals surface area contributed by atoms with Crippen molar-refractivity contribution >= 4 is 29.0 Å². The van der Waals surface area contributed by atoms with Crippen LogP contribution in [0.1, 0.15) is 68.0 Å². The van der Waals surface area contributed by atoms with Gasteiger partial charge in [-0.1, -0.05) is 58.9 Å². The predicted octanol–water partition coefficient (Wildman–Crippen LogP) is 5.50. The van der Waals surface area contributed by atoms with E-state index >= 15 is 0 Å². The Balaban J connectivity index is 2.27. The molecule has 0 saturated carbocycles. The van der Waals surface area contributed by atoms with Crippen molar-refractivity contribution in [2.45, 2.75) is 130 Å². The summed E-state index contributed by atoms with van der Waals surface area (Å²) in [6.07, 6.45) is 2.87. The molecule has 202 valence electrons. The lowest BCUT2D eigenvalue weighted by Crippen LogP contribution is -2.49. The lowest BCUT2D eigenvalue weighted by Gasteiger charge is -2.38. The number of aromatic amines is 1. The first kappa shape index (κ1) is 30.8. The summed E-state index contributed by atoms with van der Waals surface area (Å²) in [6.45, 7) is 33.6. The molecule has 2 heterocycles. The number of nitrogens with one attached hydrogen (secondary N) is 1. The Hall–Kier alpha value is -0.451. The average molecular weight is 526 g/mol. The molecule has 9 heteroatoms. The summed E-state index contributed by atoms with van der Waals surface area (Å²) >= 11 is 0. The van der Waals surface area contributed by atoms with Gasteiger partial charge in [-0.15, -0.1) is 0 Å². The fourth-order valence-electron chi connectivity index (χ4n) is 3.58. The molecule has 0 aromatic carbocycles. The molecule has 1 saturated heterocycles. The van der Waals surface area contributed by atoms with E-state index in [9.17, 15) is 0 Å². The van der Waals surface area contributed by atoms with E-state index in [1.54, 1.807) is 0 Å². The molecule has 1 aromatic rings. The molecule has 0 unspecified atom stereocenters. The van der Waals surface area contributed by atoms with Gasteiger partial charge in [-0.3, -0.25) is 0 Å². The number of aromatic nitrogens is 2. The Morgan fingerprint density at radius 2 is 1.51 bits per heavy atom. The van der Waals surface area contributed by atoms with Gasteiger partial charge in [-0.05, 0) is 57.3 Å². The van der Waals surface area contributed by atoms with Crippen LogP contribution in [0.4, 0.5) is 0 Å². The molecular formula is C26H54BN2O4Si2+. The first-order valence-corrected chi connectivity index (χ1v) is 19.9. The molecule has 0 bridgehead atoms. The van der Waals surface area contributed by atoms with Gasteiger partial charge in [-0.25, -0.2) is 0 Å². The summed E-state index contributed by atoms with van der Waals surface area (Å²) in [6, 6.07) is 1.15. The summed E-state index contributed by atoms with van der Waals surface area (Å²) < 4.78 is 27.8. The third-order valence-electron chi connectivity index (χ3n) is 8.03. The molecule has 0 spiro atoms. The van der Waals surface area contributed by atoms with Gasteiger partial charge in [0.05, 0.1) is 29.5 Å². The number of ether oxygens (including phenoxy) is 1. The smallest absolute Gasteiger partial charge is 0.416 e. The Labute approximate surface area is 218 Å². The fourth-order valence-corrected chi connectivity index (χ4v) is 5.52. The SMILES string of the molecule is CC(C)(CO[Si](C)(C)C(C)(C)C)Cc1c(B2OC(C)(C)C(C)(C)O2)c[nH][n+]1COCC[Si](C)(C)C. The van der Waals surface area contributed by atoms with Crippen molar-refractivity contribution < 1.29 is 23.2 Å². The highest BCUT2D eigenvalue weighted by atomic mass is 28.4. The van der Waals surface area contributed by atoms with Gasteiger partial charge in [0.2, 0.25) is 5.69 Å². The maximum atomic E-state index is 6.65. The molecule has 1 aliphatic heterocycles. The molecule has 1 N–H and O–H groups in total. The second-order valence-electron chi connectivity index (χ2n) is 14.9. The summed E-state index contributed by atoms with van der Waals surface area (Å²) in [5, 5.41) is 3.62. The summed E-state index contributed by atoms with van der Waals surface area (Å²) in [7, 11) is -3.38. The standard InChI is InChI=1S/C26H53BN2O4Si2/c1-23(2,3)35(13,14)31-19-24(4,5)17-22-21(27-32-25(6,7)26(8,9)33-27)18-28-29(22)20-30-15-16-34(10,11)12/h18H,15-17,19-20H2,1-14H3/p+1. The van der Waals surface area contributed by atoms with Crippen molar-refractivity contribution in [2.75, 3.05) is 13.2 Å². The summed E-state index contributed by atoms with van der Waals surface area (Å²) in [5.74, 6) is 0. The number of nitrogens with zero attached hydrogens (tertiary/aromatic N) is 1. The molecule has 0 radical (unpaired) electrons. The molecule has 1 aromatic heterocycles. The largest absolute Gasteiger partial charge is 0.503 e. The van der Waals surface area contributed by atoms with Crippen LogP contribution >= 0.6 is 0 Å². The van der Waals surface area contributed by atoms with E-state index in [1.807, 2.05) is 6.20 Å². The lowest BCUT2D eigenvalue weighted by molar-refractivity contribution is -0.787. The van der Waals surface area contributed by atoms with Crippen LogP contribution in [0.15, 0.2) is 6.20 Å². The van der Waals surface area contributed by atoms with Gasteiger partial charge in [0, 0.05) is 21.1 Å². The Morgan fingerprint density at radius 3 is 2.00 bits per heavy atom. The van der Waals surface area contributed by atoms with E-state index in [4.69, 9.17) is 18.5 Å². The van der Waals surface area contributed by atoms with Gasteiger partial charge in [0.1, 0.15) is 0 Å². The quantitative estimate of drug-likeness (QED) is 0.235. The van der Waals surface area contributed by atoms with Crippen molar-refractivity contribution in [3.8, 4) is 0 Å². The average Bonchev–Trinajstić information content (AvgIpc) is 3.12. The maximum Gasteiger partial charge on any atom is 0.503 e. The molecule has 0 aliphatic carbocycles. The normalized spacial score (nSPS) is 19.0. The van der Waals surface area contributed by atoms with E-state index in [0.717, 1.165) is 24.5 Å². The highest BCUT2D eigenvalue weighted by molar-refractivity contribution is 6.76. The van der Waals surface area contributed by atoms with Gasteiger partial charge in [0.15, 0.2) is 8.32 Å². The van der Waals surface area contributed by atoms with Crippen molar-refractivity contribution in [1.82, 2.24) is 5.10 Å². The predicted molar refractivity (Wildman–Crippen MR) is 151 cm³/mol. The molecule has 0 amide bonds. The third-order valence-corrected chi connectivity index (χ3v) is 14.2. The highest BCUT2D eigenvalue weighted by Crippen LogP contribution is 2.39. The molecule has 0 atom stereocenters. The summed E-state index contributed by atoms with van der Waals surface area (Å²) in [5.41, 5.74) is 1.39. The van der Waals surface area contributed by atoms with E-state index in [0.29, 0.717) is 13.3 Å². The van der Waals surface area contributed by atoms with Crippen LogP contribution in [0.2, 0.25) is 43.8 Å².